The van der Waals surface area contributed by atoms with Crippen molar-refractivity contribution in [3.63, 3.8) is 0 Å². The smallest absolute Gasteiger partial charge is 0.0294 e. The largest absolute Gasteiger partial charge is 0.307 e. The fourth-order valence-electron chi connectivity index (χ4n) is 3.03. The summed E-state index contributed by atoms with van der Waals surface area (Å²) in [5.41, 5.74) is 2.84. The Labute approximate surface area is 124 Å². The van der Waals surface area contributed by atoms with Crippen molar-refractivity contribution in [2.75, 3.05) is 20.1 Å². The molecule has 0 aliphatic carbocycles. The van der Waals surface area contributed by atoms with Gasteiger partial charge < -0.3 is 10.2 Å². The summed E-state index contributed by atoms with van der Waals surface area (Å²) in [4.78, 5) is 2.45. The van der Waals surface area contributed by atoms with Crippen molar-refractivity contribution in [1.29, 1.82) is 0 Å². The summed E-state index contributed by atoms with van der Waals surface area (Å²) in [5.74, 6) is 0.615. The van der Waals surface area contributed by atoms with E-state index in [9.17, 15) is 0 Å². The number of hydrogen-bond donors (Lipinski definition) is 1. The molecule has 112 valence electrons. The number of hydrogen-bond acceptors (Lipinski definition) is 2. The fourth-order valence-corrected chi connectivity index (χ4v) is 3.03. The molecule has 0 saturated carbocycles. The lowest BCUT2D eigenvalue weighted by atomic mass is 9.99. The Hall–Kier alpha value is -0.860. The van der Waals surface area contributed by atoms with E-state index in [1.807, 2.05) is 0 Å². The first-order chi connectivity index (χ1) is 9.56. The molecule has 1 heterocycles. The summed E-state index contributed by atoms with van der Waals surface area (Å²) >= 11 is 0. The lowest BCUT2D eigenvalue weighted by molar-refractivity contribution is 0.340. The van der Waals surface area contributed by atoms with Crippen LogP contribution in [0.5, 0.6) is 0 Å². The van der Waals surface area contributed by atoms with Crippen molar-refractivity contribution in [2.24, 2.45) is 0 Å². The molecule has 2 nitrogen and oxygen atoms in total. The Morgan fingerprint density at radius 1 is 1.00 bits per heavy atom. The zero-order valence-electron chi connectivity index (χ0n) is 13.5. The van der Waals surface area contributed by atoms with E-state index in [2.05, 4.69) is 62.3 Å². The minimum absolute atomic E-state index is 0.449. The molecule has 1 aliphatic rings. The molecule has 1 aromatic rings. The van der Waals surface area contributed by atoms with Crippen LogP contribution in [-0.2, 0) is 0 Å². The Morgan fingerprint density at radius 3 is 2.30 bits per heavy atom. The molecule has 0 bridgehead atoms. The van der Waals surface area contributed by atoms with E-state index >= 15 is 0 Å². The number of likely N-dealkylation sites (tertiary alicyclic amines) is 1. The molecule has 1 aromatic carbocycles. The number of nitrogens with zero attached hydrogens (tertiary/aromatic N) is 1. The van der Waals surface area contributed by atoms with E-state index in [1.165, 1.54) is 43.5 Å². The van der Waals surface area contributed by atoms with E-state index in [-0.39, 0.29) is 0 Å². The normalized spacial score (nSPS) is 22.8. The van der Waals surface area contributed by atoms with Gasteiger partial charge in [0.2, 0.25) is 0 Å². The molecule has 1 saturated heterocycles. The van der Waals surface area contributed by atoms with E-state index in [0.717, 1.165) is 0 Å². The first-order valence-electron chi connectivity index (χ1n) is 8.10. The van der Waals surface area contributed by atoms with Crippen molar-refractivity contribution in [3.05, 3.63) is 35.4 Å². The van der Waals surface area contributed by atoms with Crippen LogP contribution >= 0.6 is 0 Å². The minimum atomic E-state index is 0.449. The zero-order valence-corrected chi connectivity index (χ0v) is 13.5. The van der Waals surface area contributed by atoms with Gasteiger partial charge in [-0.2, -0.15) is 0 Å². The van der Waals surface area contributed by atoms with Gasteiger partial charge in [-0.15, -0.1) is 0 Å². The summed E-state index contributed by atoms with van der Waals surface area (Å²) in [6, 6.07) is 10.2. The number of benzene rings is 1. The van der Waals surface area contributed by atoms with Gasteiger partial charge in [-0.25, -0.2) is 0 Å². The first-order valence-corrected chi connectivity index (χ1v) is 8.10. The highest BCUT2D eigenvalue weighted by Crippen LogP contribution is 2.20. The third kappa shape index (κ3) is 4.32. The van der Waals surface area contributed by atoms with Crippen LogP contribution in [0.1, 0.15) is 63.1 Å². The molecule has 2 rings (SSSR count). The van der Waals surface area contributed by atoms with Crippen LogP contribution in [0.3, 0.4) is 0 Å². The molecular formula is C18H30N2. The Morgan fingerprint density at radius 2 is 1.65 bits per heavy atom. The lowest BCUT2D eigenvalue weighted by Gasteiger charge is -2.23. The first kappa shape index (κ1) is 15.5. The standard InChI is InChI=1S/C18H30N2/c1-14(2)16-7-9-17(10-8-16)15(3)19-18-6-5-12-20(4)13-11-18/h7-10,14-15,18-19H,5-6,11-13H2,1-4H3. The minimum Gasteiger partial charge on any atom is -0.307 e. The third-order valence-electron chi connectivity index (χ3n) is 4.54. The van der Waals surface area contributed by atoms with Gasteiger partial charge in [-0.05, 0) is 63.4 Å². The Bertz CT molecular complexity index is 396. The van der Waals surface area contributed by atoms with Gasteiger partial charge >= 0.3 is 0 Å². The van der Waals surface area contributed by atoms with E-state index in [0.29, 0.717) is 18.0 Å². The second-order valence-corrected chi connectivity index (χ2v) is 6.64. The second kappa shape index (κ2) is 7.24. The SMILES string of the molecule is CC(C)c1ccc(C(C)NC2CCCN(C)CC2)cc1. The second-order valence-electron chi connectivity index (χ2n) is 6.64. The van der Waals surface area contributed by atoms with Crippen LogP contribution in [-0.4, -0.2) is 31.1 Å². The summed E-state index contributed by atoms with van der Waals surface area (Å²) in [7, 11) is 2.23. The Kier molecular flexibility index (Phi) is 5.62. The molecule has 2 heteroatoms. The molecule has 1 aliphatic heterocycles. The maximum atomic E-state index is 3.82. The summed E-state index contributed by atoms with van der Waals surface area (Å²) < 4.78 is 0. The van der Waals surface area contributed by atoms with Crippen molar-refractivity contribution >= 4 is 0 Å². The Balaban J connectivity index is 1.92. The van der Waals surface area contributed by atoms with Crippen molar-refractivity contribution in [2.45, 2.75) is 58.0 Å². The molecular weight excluding hydrogens is 244 g/mol. The molecule has 1 N–H and O–H groups in total. The predicted molar refractivity (Wildman–Crippen MR) is 87.2 cm³/mol. The van der Waals surface area contributed by atoms with E-state index in [4.69, 9.17) is 0 Å². The molecule has 1 fully saturated rings. The van der Waals surface area contributed by atoms with Gasteiger partial charge in [0.1, 0.15) is 0 Å². The van der Waals surface area contributed by atoms with Gasteiger partial charge in [-0.3, -0.25) is 0 Å². The number of nitrogens with one attached hydrogen (secondary N) is 1. The zero-order chi connectivity index (χ0) is 14.5. The van der Waals surface area contributed by atoms with Crippen LogP contribution in [0, 0.1) is 0 Å². The van der Waals surface area contributed by atoms with Gasteiger partial charge in [0, 0.05) is 12.1 Å². The molecule has 20 heavy (non-hydrogen) atoms. The fraction of sp³-hybridized carbons (Fsp3) is 0.667. The van der Waals surface area contributed by atoms with Gasteiger partial charge in [0.05, 0.1) is 0 Å². The molecule has 0 radical (unpaired) electrons. The highest BCUT2D eigenvalue weighted by molar-refractivity contribution is 5.26. The van der Waals surface area contributed by atoms with Crippen molar-refractivity contribution in [1.82, 2.24) is 10.2 Å². The predicted octanol–water partition coefficient (Wildman–Crippen LogP) is 3.94. The van der Waals surface area contributed by atoms with Crippen molar-refractivity contribution in [3.8, 4) is 0 Å². The topological polar surface area (TPSA) is 15.3 Å². The highest BCUT2D eigenvalue weighted by atomic mass is 15.1. The van der Waals surface area contributed by atoms with Gasteiger partial charge in [-0.1, -0.05) is 38.1 Å². The quantitative estimate of drug-likeness (QED) is 0.894. The van der Waals surface area contributed by atoms with Crippen LogP contribution < -0.4 is 5.32 Å². The summed E-state index contributed by atoms with van der Waals surface area (Å²) in [5, 5.41) is 3.82. The van der Waals surface area contributed by atoms with Crippen molar-refractivity contribution < 1.29 is 0 Å². The van der Waals surface area contributed by atoms with Crippen LogP contribution in [0.4, 0.5) is 0 Å². The average Bonchev–Trinajstić information content (AvgIpc) is 2.64. The monoisotopic (exact) mass is 274 g/mol. The van der Waals surface area contributed by atoms with Crippen LogP contribution in [0.2, 0.25) is 0 Å². The van der Waals surface area contributed by atoms with Gasteiger partial charge in [0.15, 0.2) is 0 Å². The number of rotatable bonds is 4. The summed E-state index contributed by atoms with van der Waals surface area (Å²) in [6.45, 7) is 9.25. The summed E-state index contributed by atoms with van der Waals surface area (Å²) in [6.07, 6.45) is 3.89. The third-order valence-corrected chi connectivity index (χ3v) is 4.54. The van der Waals surface area contributed by atoms with E-state index < -0.39 is 0 Å². The molecule has 0 spiro atoms. The van der Waals surface area contributed by atoms with Crippen LogP contribution in [0.15, 0.2) is 24.3 Å². The van der Waals surface area contributed by atoms with Crippen LogP contribution in [0.25, 0.3) is 0 Å². The lowest BCUT2D eigenvalue weighted by Crippen LogP contribution is -2.32. The van der Waals surface area contributed by atoms with E-state index in [1.54, 1.807) is 0 Å². The molecule has 2 unspecified atom stereocenters. The highest BCUT2D eigenvalue weighted by Gasteiger charge is 2.17. The molecule has 0 aromatic heterocycles. The maximum absolute atomic E-state index is 3.82. The molecule has 2 atom stereocenters. The average molecular weight is 274 g/mol. The van der Waals surface area contributed by atoms with Gasteiger partial charge in [0.25, 0.3) is 0 Å². The molecule has 0 amide bonds. The maximum Gasteiger partial charge on any atom is 0.0294 e.